The van der Waals surface area contributed by atoms with Crippen molar-refractivity contribution in [3.8, 4) is 0 Å². The van der Waals surface area contributed by atoms with Crippen molar-refractivity contribution >= 4 is 0 Å². The smallest absolute Gasteiger partial charge is 0.118 e. The van der Waals surface area contributed by atoms with Crippen LogP contribution in [0.25, 0.3) is 0 Å². The van der Waals surface area contributed by atoms with E-state index in [4.69, 9.17) is 4.42 Å². The van der Waals surface area contributed by atoms with Gasteiger partial charge in [-0.2, -0.15) is 0 Å². The summed E-state index contributed by atoms with van der Waals surface area (Å²) in [6, 6.07) is 4.83. The third-order valence-corrected chi connectivity index (χ3v) is 3.51. The molecule has 0 unspecified atom stereocenters. The van der Waals surface area contributed by atoms with Crippen LogP contribution >= 0.6 is 0 Å². The normalized spacial score (nSPS) is 19.5. The van der Waals surface area contributed by atoms with Crippen LogP contribution in [0.15, 0.2) is 16.5 Å². The SMILES string of the molecule is Cc1ccc(CN(C)C2CCN(C)CC2)o1. The van der Waals surface area contributed by atoms with Crippen molar-refractivity contribution in [2.24, 2.45) is 0 Å². The van der Waals surface area contributed by atoms with Crippen molar-refractivity contribution in [2.45, 2.75) is 32.4 Å². The maximum atomic E-state index is 5.61. The molecule has 1 aromatic heterocycles. The lowest BCUT2D eigenvalue weighted by Gasteiger charge is -2.34. The first-order valence-corrected chi connectivity index (χ1v) is 6.09. The molecule has 1 aliphatic rings. The summed E-state index contributed by atoms with van der Waals surface area (Å²) in [5.41, 5.74) is 0. The number of furan rings is 1. The number of piperidine rings is 1. The Kier molecular flexibility index (Phi) is 3.66. The highest BCUT2D eigenvalue weighted by molar-refractivity contribution is 5.05. The van der Waals surface area contributed by atoms with Crippen molar-refractivity contribution < 1.29 is 4.42 Å². The Morgan fingerprint density at radius 2 is 2.06 bits per heavy atom. The molecule has 90 valence electrons. The molecule has 1 saturated heterocycles. The van der Waals surface area contributed by atoms with Gasteiger partial charge < -0.3 is 9.32 Å². The first kappa shape index (κ1) is 11.7. The van der Waals surface area contributed by atoms with Gasteiger partial charge in [0.25, 0.3) is 0 Å². The summed E-state index contributed by atoms with van der Waals surface area (Å²) < 4.78 is 5.61. The van der Waals surface area contributed by atoms with Gasteiger partial charge in [0.15, 0.2) is 0 Å². The van der Waals surface area contributed by atoms with Gasteiger partial charge in [-0.25, -0.2) is 0 Å². The van der Waals surface area contributed by atoms with E-state index in [1.165, 1.54) is 25.9 Å². The monoisotopic (exact) mass is 222 g/mol. The molecule has 2 rings (SSSR count). The van der Waals surface area contributed by atoms with Crippen LogP contribution in [-0.2, 0) is 6.54 Å². The Hall–Kier alpha value is -0.800. The first-order chi connectivity index (χ1) is 7.65. The molecule has 1 aliphatic heterocycles. The molecule has 0 atom stereocenters. The highest BCUT2D eigenvalue weighted by atomic mass is 16.3. The minimum absolute atomic E-state index is 0.710. The second-order valence-corrected chi connectivity index (χ2v) is 4.96. The van der Waals surface area contributed by atoms with Gasteiger partial charge >= 0.3 is 0 Å². The van der Waals surface area contributed by atoms with E-state index in [1.54, 1.807) is 0 Å². The Morgan fingerprint density at radius 3 is 2.62 bits per heavy atom. The highest BCUT2D eigenvalue weighted by Crippen LogP contribution is 2.17. The first-order valence-electron chi connectivity index (χ1n) is 6.09. The van der Waals surface area contributed by atoms with Gasteiger partial charge in [0, 0.05) is 6.04 Å². The van der Waals surface area contributed by atoms with Crippen LogP contribution in [0.3, 0.4) is 0 Å². The molecular weight excluding hydrogens is 200 g/mol. The van der Waals surface area contributed by atoms with E-state index in [1.807, 2.05) is 13.0 Å². The number of hydrogen-bond acceptors (Lipinski definition) is 3. The van der Waals surface area contributed by atoms with Crippen LogP contribution < -0.4 is 0 Å². The molecule has 2 heterocycles. The zero-order chi connectivity index (χ0) is 11.5. The molecule has 3 nitrogen and oxygen atoms in total. The van der Waals surface area contributed by atoms with E-state index >= 15 is 0 Å². The number of hydrogen-bond donors (Lipinski definition) is 0. The molecule has 0 aliphatic carbocycles. The third kappa shape index (κ3) is 2.86. The van der Waals surface area contributed by atoms with Gasteiger partial charge in [0.2, 0.25) is 0 Å². The largest absolute Gasteiger partial charge is 0.465 e. The van der Waals surface area contributed by atoms with E-state index < -0.39 is 0 Å². The van der Waals surface area contributed by atoms with Crippen molar-refractivity contribution in [3.63, 3.8) is 0 Å². The molecule has 16 heavy (non-hydrogen) atoms. The number of nitrogens with zero attached hydrogens (tertiary/aromatic N) is 2. The standard InChI is InChI=1S/C13H22N2O/c1-11-4-5-13(16-11)10-15(3)12-6-8-14(2)9-7-12/h4-5,12H,6-10H2,1-3H3. The summed E-state index contributed by atoms with van der Waals surface area (Å²) in [6.45, 7) is 5.36. The number of rotatable bonds is 3. The fraction of sp³-hybridized carbons (Fsp3) is 0.692. The molecule has 0 aromatic carbocycles. The van der Waals surface area contributed by atoms with Gasteiger partial charge in [-0.1, -0.05) is 0 Å². The average Bonchev–Trinajstić information content (AvgIpc) is 2.65. The second-order valence-electron chi connectivity index (χ2n) is 4.96. The zero-order valence-electron chi connectivity index (χ0n) is 10.6. The van der Waals surface area contributed by atoms with Gasteiger partial charge in [-0.05, 0) is 59.1 Å². The highest BCUT2D eigenvalue weighted by Gasteiger charge is 2.20. The lowest BCUT2D eigenvalue weighted by molar-refractivity contribution is 0.132. The minimum Gasteiger partial charge on any atom is -0.465 e. The van der Waals surface area contributed by atoms with Gasteiger partial charge in [0.05, 0.1) is 6.54 Å². The van der Waals surface area contributed by atoms with E-state index in [-0.39, 0.29) is 0 Å². The second kappa shape index (κ2) is 5.02. The van der Waals surface area contributed by atoms with Crippen LogP contribution in [0.5, 0.6) is 0 Å². The average molecular weight is 222 g/mol. The summed E-state index contributed by atoms with van der Waals surface area (Å²) in [7, 11) is 4.40. The molecule has 0 N–H and O–H groups in total. The van der Waals surface area contributed by atoms with Crippen LogP contribution in [-0.4, -0.2) is 43.0 Å². The fourth-order valence-electron chi connectivity index (χ4n) is 2.38. The van der Waals surface area contributed by atoms with E-state index in [0.717, 1.165) is 18.1 Å². The van der Waals surface area contributed by atoms with Crippen molar-refractivity contribution in [2.75, 3.05) is 27.2 Å². The summed E-state index contributed by atoms with van der Waals surface area (Å²) in [6.07, 6.45) is 2.54. The molecule has 1 aromatic rings. The third-order valence-electron chi connectivity index (χ3n) is 3.51. The molecule has 0 saturated carbocycles. The Bertz CT molecular complexity index is 326. The topological polar surface area (TPSA) is 19.6 Å². The number of aryl methyl sites for hydroxylation is 1. The van der Waals surface area contributed by atoms with Crippen molar-refractivity contribution in [3.05, 3.63) is 23.7 Å². The molecule has 0 amide bonds. The molecule has 0 spiro atoms. The maximum absolute atomic E-state index is 5.61. The fourth-order valence-corrected chi connectivity index (χ4v) is 2.38. The van der Waals surface area contributed by atoms with E-state index in [0.29, 0.717) is 6.04 Å². The lowest BCUT2D eigenvalue weighted by Crippen LogP contribution is -2.41. The van der Waals surface area contributed by atoms with Crippen molar-refractivity contribution in [1.29, 1.82) is 0 Å². The molecule has 0 radical (unpaired) electrons. The zero-order valence-corrected chi connectivity index (χ0v) is 10.6. The van der Waals surface area contributed by atoms with Gasteiger partial charge in [0.1, 0.15) is 11.5 Å². The predicted octanol–water partition coefficient (Wildman–Crippen LogP) is 2.11. The van der Waals surface area contributed by atoms with Crippen LogP contribution in [0.1, 0.15) is 24.4 Å². The predicted molar refractivity (Wildman–Crippen MR) is 65.4 cm³/mol. The molecule has 0 bridgehead atoms. The van der Waals surface area contributed by atoms with Gasteiger partial charge in [-0.15, -0.1) is 0 Å². The van der Waals surface area contributed by atoms with Crippen LogP contribution in [0.2, 0.25) is 0 Å². The quantitative estimate of drug-likeness (QED) is 0.781. The molecule has 3 heteroatoms. The van der Waals surface area contributed by atoms with E-state index in [2.05, 4.69) is 30.0 Å². The lowest BCUT2D eigenvalue weighted by atomic mass is 10.0. The molecular formula is C13H22N2O. The maximum Gasteiger partial charge on any atom is 0.118 e. The summed E-state index contributed by atoms with van der Waals surface area (Å²) in [5, 5.41) is 0. The Balaban J connectivity index is 1.85. The van der Waals surface area contributed by atoms with Crippen LogP contribution in [0.4, 0.5) is 0 Å². The summed E-state index contributed by atoms with van der Waals surface area (Å²) in [4.78, 5) is 4.83. The van der Waals surface area contributed by atoms with Crippen molar-refractivity contribution in [1.82, 2.24) is 9.80 Å². The molecule has 1 fully saturated rings. The van der Waals surface area contributed by atoms with Crippen LogP contribution in [0, 0.1) is 6.92 Å². The Labute approximate surface area is 98.0 Å². The summed E-state index contributed by atoms with van der Waals surface area (Å²) >= 11 is 0. The van der Waals surface area contributed by atoms with Gasteiger partial charge in [-0.3, -0.25) is 4.90 Å². The van der Waals surface area contributed by atoms with E-state index in [9.17, 15) is 0 Å². The number of likely N-dealkylation sites (tertiary alicyclic amines) is 1. The minimum atomic E-state index is 0.710. The Morgan fingerprint density at radius 1 is 1.38 bits per heavy atom. The summed E-state index contributed by atoms with van der Waals surface area (Å²) in [5.74, 6) is 2.09.